The van der Waals surface area contributed by atoms with Gasteiger partial charge in [-0.3, -0.25) is 13.9 Å². The molecule has 7 nitrogen and oxygen atoms in total. The summed E-state index contributed by atoms with van der Waals surface area (Å²) < 4.78 is 52.5. The van der Waals surface area contributed by atoms with Crippen LogP contribution in [-0.4, -0.2) is 50.0 Å². The van der Waals surface area contributed by atoms with Crippen molar-refractivity contribution in [3.05, 3.63) is 65.2 Å². The molecule has 0 fully saturated rings. The van der Waals surface area contributed by atoms with Gasteiger partial charge < -0.3 is 10.2 Å². The van der Waals surface area contributed by atoms with E-state index in [4.69, 9.17) is 0 Å². The summed E-state index contributed by atoms with van der Waals surface area (Å²) in [5.41, 5.74) is 1.84. The van der Waals surface area contributed by atoms with Crippen LogP contribution in [0, 0.1) is 18.6 Å². The Hall–Kier alpha value is -3.01. The molecule has 2 aromatic carbocycles. The van der Waals surface area contributed by atoms with Crippen molar-refractivity contribution in [3.8, 4) is 0 Å². The highest BCUT2D eigenvalue weighted by Gasteiger charge is 2.27. The van der Waals surface area contributed by atoms with Crippen LogP contribution in [0.5, 0.6) is 0 Å². The van der Waals surface area contributed by atoms with E-state index < -0.39 is 27.7 Å². The molecule has 1 atom stereocenters. The van der Waals surface area contributed by atoms with Gasteiger partial charge in [-0.2, -0.15) is 0 Å². The maximum absolute atomic E-state index is 13.7. The molecule has 2 aromatic rings. The number of anilines is 1. The fraction of sp³-hybridized carbons (Fsp3) is 0.440. The fourth-order valence-corrected chi connectivity index (χ4v) is 4.56. The zero-order valence-corrected chi connectivity index (χ0v) is 21.5. The molecule has 0 saturated heterocycles. The van der Waals surface area contributed by atoms with Gasteiger partial charge in [0.1, 0.15) is 6.04 Å². The number of aryl methyl sites for hydroxylation is 1. The first-order chi connectivity index (χ1) is 16.3. The van der Waals surface area contributed by atoms with Crippen LogP contribution >= 0.6 is 0 Å². The molecule has 0 radical (unpaired) electrons. The summed E-state index contributed by atoms with van der Waals surface area (Å²) in [7, 11) is -3.81. The SMILES string of the molecule is Cc1ccccc1CN(C(=O)CCCN(c1ccc(F)c(F)c1)S(C)(=O)=O)C(C)C(=O)NC(C)C. The van der Waals surface area contributed by atoms with E-state index in [-0.39, 0.29) is 49.5 Å². The van der Waals surface area contributed by atoms with E-state index >= 15 is 0 Å². The lowest BCUT2D eigenvalue weighted by atomic mass is 10.1. The maximum atomic E-state index is 13.7. The van der Waals surface area contributed by atoms with E-state index in [1.54, 1.807) is 6.92 Å². The molecule has 2 rings (SSSR count). The van der Waals surface area contributed by atoms with Gasteiger partial charge in [0, 0.05) is 31.6 Å². The Bertz CT molecular complexity index is 1160. The normalized spacial score (nSPS) is 12.3. The Kier molecular flexibility index (Phi) is 9.76. The van der Waals surface area contributed by atoms with Crippen molar-refractivity contribution < 1.29 is 26.8 Å². The number of amides is 2. The molecule has 0 aliphatic heterocycles. The number of halogens is 2. The zero-order chi connectivity index (χ0) is 26.3. The molecule has 0 aliphatic rings. The molecular formula is C25H33F2N3O4S. The maximum Gasteiger partial charge on any atom is 0.242 e. The van der Waals surface area contributed by atoms with Crippen LogP contribution in [0.3, 0.4) is 0 Å². The van der Waals surface area contributed by atoms with Gasteiger partial charge in [-0.25, -0.2) is 17.2 Å². The number of carbonyl (C=O) groups excluding carboxylic acids is 2. The van der Waals surface area contributed by atoms with Crippen molar-refractivity contribution in [3.63, 3.8) is 0 Å². The predicted molar refractivity (Wildman–Crippen MR) is 132 cm³/mol. The lowest BCUT2D eigenvalue weighted by Crippen LogP contribution is -2.49. The molecule has 35 heavy (non-hydrogen) atoms. The smallest absolute Gasteiger partial charge is 0.242 e. The zero-order valence-electron chi connectivity index (χ0n) is 20.7. The average molecular weight is 510 g/mol. The number of benzene rings is 2. The van der Waals surface area contributed by atoms with Crippen LogP contribution in [0.1, 0.15) is 44.7 Å². The predicted octanol–water partition coefficient (Wildman–Crippen LogP) is 3.76. The third kappa shape index (κ3) is 8.02. The largest absolute Gasteiger partial charge is 0.352 e. The molecule has 1 unspecified atom stereocenters. The van der Waals surface area contributed by atoms with Gasteiger partial charge in [0.25, 0.3) is 0 Å². The number of sulfonamides is 1. The molecule has 0 bridgehead atoms. The van der Waals surface area contributed by atoms with Gasteiger partial charge in [-0.1, -0.05) is 24.3 Å². The molecule has 0 aliphatic carbocycles. The summed E-state index contributed by atoms with van der Waals surface area (Å²) >= 11 is 0. The van der Waals surface area contributed by atoms with Gasteiger partial charge in [-0.05, 0) is 57.4 Å². The molecule has 0 heterocycles. The molecule has 2 amide bonds. The second-order valence-corrected chi connectivity index (χ2v) is 10.7. The Morgan fingerprint density at radius 3 is 2.26 bits per heavy atom. The van der Waals surface area contributed by atoms with Crippen molar-refractivity contribution in [2.24, 2.45) is 0 Å². The average Bonchev–Trinajstić information content (AvgIpc) is 2.76. The Balaban J connectivity index is 2.20. The molecular weight excluding hydrogens is 476 g/mol. The third-order valence-corrected chi connectivity index (χ3v) is 6.74. The van der Waals surface area contributed by atoms with E-state index in [0.29, 0.717) is 0 Å². The van der Waals surface area contributed by atoms with Crippen molar-refractivity contribution in [2.75, 3.05) is 17.1 Å². The summed E-state index contributed by atoms with van der Waals surface area (Å²) in [5.74, 6) is -2.86. The second kappa shape index (κ2) is 12.1. The van der Waals surface area contributed by atoms with Gasteiger partial charge in [-0.15, -0.1) is 0 Å². The van der Waals surface area contributed by atoms with Gasteiger partial charge >= 0.3 is 0 Å². The first kappa shape index (κ1) is 28.2. The molecule has 0 spiro atoms. The highest BCUT2D eigenvalue weighted by Crippen LogP contribution is 2.22. The summed E-state index contributed by atoms with van der Waals surface area (Å²) in [5, 5.41) is 2.82. The number of nitrogens with one attached hydrogen (secondary N) is 1. The van der Waals surface area contributed by atoms with Crippen LogP contribution in [-0.2, 0) is 26.2 Å². The highest BCUT2D eigenvalue weighted by molar-refractivity contribution is 7.92. The van der Waals surface area contributed by atoms with Crippen LogP contribution in [0.2, 0.25) is 0 Å². The molecule has 192 valence electrons. The highest BCUT2D eigenvalue weighted by atomic mass is 32.2. The minimum Gasteiger partial charge on any atom is -0.352 e. The van der Waals surface area contributed by atoms with E-state index in [9.17, 15) is 26.8 Å². The number of hydrogen-bond donors (Lipinski definition) is 1. The van der Waals surface area contributed by atoms with Crippen LogP contribution in [0.15, 0.2) is 42.5 Å². The lowest BCUT2D eigenvalue weighted by molar-refractivity contribution is -0.140. The van der Waals surface area contributed by atoms with Crippen molar-refractivity contribution in [1.82, 2.24) is 10.2 Å². The second-order valence-electron chi connectivity index (χ2n) is 8.82. The van der Waals surface area contributed by atoms with E-state index in [1.807, 2.05) is 45.0 Å². The van der Waals surface area contributed by atoms with Crippen molar-refractivity contribution in [2.45, 2.75) is 59.2 Å². The monoisotopic (exact) mass is 509 g/mol. The van der Waals surface area contributed by atoms with Crippen molar-refractivity contribution in [1.29, 1.82) is 0 Å². The summed E-state index contributed by atoms with van der Waals surface area (Å²) in [6.45, 7) is 7.34. The molecule has 10 heteroatoms. The number of carbonyl (C=O) groups is 2. The van der Waals surface area contributed by atoms with Crippen LogP contribution in [0.25, 0.3) is 0 Å². The Morgan fingerprint density at radius 2 is 1.69 bits per heavy atom. The Morgan fingerprint density at radius 1 is 1.03 bits per heavy atom. The standard InChI is InChI=1S/C25H33F2N3O4S/c1-17(2)28-25(32)19(4)29(16-20-10-7-6-9-18(20)3)24(31)11-8-14-30(35(5,33)34)21-12-13-22(26)23(27)15-21/h6-7,9-10,12-13,15,17,19H,8,11,14,16H2,1-5H3,(H,28,32). The van der Waals surface area contributed by atoms with Crippen LogP contribution in [0.4, 0.5) is 14.5 Å². The molecule has 0 aromatic heterocycles. The Labute approximate surface area is 206 Å². The van der Waals surface area contributed by atoms with Gasteiger partial charge in [0.2, 0.25) is 21.8 Å². The summed E-state index contributed by atoms with van der Waals surface area (Å²) in [4.78, 5) is 27.4. The first-order valence-corrected chi connectivity index (χ1v) is 13.2. The topological polar surface area (TPSA) is 86.8 Å². The van der Waals surface area contributed by atoms with E-state index in [1.165, 1.54) is 11.0 Å². The lowest BCUT2D eigenvalue weighted by Gasteiger charge is -2.30. The molecule has 1 N–H and O–H groups in total. The van der Waals surface area contributed by atoms with E-state index in [2.05, 4.69) is 5.32 Å². The van der Waals surface area contributed by atoms with Crippen LogP contribution < -0.4 is 9.62 Å². The van der Waals surface area contributed by atoms with Gasteiger partial charge in [0.05, 0.1) is 11.9 Å². The third-order valence-electron chi connectivity index (χ3n) is 5.54. The summed E-state index contributed by atoms with van der Waals surface area (Å²) in [6, 6.07) is 9.53. The number of nitrogens with zero attached hydrogens (tertiary/aromatic N) is 2. The van der Waals surface area contributed by atoms with E-state index in [0.717, 1.165) is 33.8 Å². The minimum atomic E-state index is -3.81. The quantitative estimate of drug-likeness (QED) is 0.500. The number of rotatable bonds is 11. The number of hydrogen-bond acceptors (Lipinski definition) is 4. The van der Waals surface area contributed by atoms with Crippen molar-refractivity contribution >= 4 is 27.5 Å². The first-order valence-electron chi connectivity index (χ1n) is 11.4. The van der Waals surface area contributed by atoms with Gasteiger partial charge in [0.15, 0.2) is 11.6 Å². The minimum absolute atomic E-state index is 0.0275. The summed E-state index contributed by atoms with van der Waals surface area (Å²) in [6.07, 6.45) is 1.04. The fourth-order valence-electron chi connectivity index (χ4n) is 3.60. The molecule has 0 saturated carbocycles.